The number of amides is 4. The second-order valence-electron chi connectivity index (χ2n) is 8.39. The smallest absolute Gasteiger partial charge is 0.245 e. The molecule has 0 spiro atoms. The van der Waals surface area contributed by atoms with E-state index in [-0.39, 0.29) is 37.4 Å². The van der Waals surface area contributed by atoms with Crippen LogP contribution in [0.2, 0.25) is 0 Å². The number of aryl methyl sites for hydroxylation is 1. The first-order valence-electron chi connectivity index (χ1n) is 12.5. The van der Waals surface area contributed by atoms with E-state index in [0.29, 0.717) is 65.0 Å². The minimum absolute atomic E-state index is 0.0881. The van der Waals surface area contributed by atoms with Gasteiger partial charge in [0.2, 0.25) is 23.6 Å². The number of pyridine rings is 1. The number of unbranched alkanes of at least 4 members (excludes halogenated alkanes) is 1. The quantitative estimate of drug-likeness (QED) is 0.187. The average molecular weight is 524 g/mol. The third kappa shape index (κ3) is 15.6. The maximum atomic E-state index is 12.5. The Morgan fingerprint density at radius 2 is 1.76 bits per heavy atom. The molecule has 1 heterocycles. The average Bonchev–Trinajstić information content (AvgIpc) is 2.89. The number of aromatic nitrogens is 1. The van der Waals surface area contributed by atoms with Crippen molar-refractivity contribution < 1.29 is 33.4 Å². The molecule has 1 rings (SSSR count). The van der Waals surface area contributed by atoms with Crippen LogP contribution >= 0.6 is 0 Å². The molecule has 0 aliphatic rings. The van der Waals surface area contributed by atoms with E-state index in [0.717, 1.165) is 5.56 Å². The van der Waals surface area contributed by atoms with Crippen LogP contribution in [0.15, 0.2) is 24.5 Å². The molecule has 1 aromatic rings. The van der Waals surface area contributed by atoms with Crippen LogP contribution in [0.1, 0.15) is 37.7 Å². The predicted molar refractivity (Wildman–Crippen MR) is 136 cm³/mol. The van der Waals surface area contributed by atoms with Crippen LogP contribution in [0.4, 0.5) is 0 Å². The van der Waals surface area contributed by atoms with Crippen molar-refractivity contribution in [2.75, 3.05) is 60.3 Å². The summed E-state index contributed by atoms with van der Waals surface area (Å²) in [6.45, 7) is 2.03. The minimum Gasteiger partial charge on any atom is -0.384 e. The fourth-order valence-electron chi connectivity index (χ4n) is 3.35. The van der Waals surface area contributed by atoms with E-state index in [1.54, 1.807) is 19.4 Å². The Hall–Kier alpha value is -3.09. The van der Waals surface area contributed by atoms with Gasteiger partial charge in [-0.1, -0.05) is 6.07 Å². The molecule has 0 radical (unpaired) electrons. The molecule has 12 heteroatoms. The molecular formula is C25H41N5O7. The van der Waals surface area contributed by atoms with E-state index < -0.39 is 11.9 Å². The van der Waals surface area contributed by atoms with Crippen LogP contribution in [0.3, 0.4) is 0 Å². The summed E-state index contributed by atoms with van der Waals surface area (Å²) in [5.41, 5.74) is 6.47. The predicted octanol–water partition coefficient (Wildman–Crippen LogP) is -0.201. The number of nitrogens with two attached hydrogens (primary N) is 1. The largest absolute Gasteiger partial charge is 0.384 e. The lowest BCUT2D eigenvalue weighted by Gasteiger charge is -2.26. The van der Waals surface area contributed by atoms with Crippen molar-refractivity contribution in [3.05, 3.63) is 30.1 Å². The number of hydrogen-bond acceptors (Lipinski definition) is 8. The maximum Gasteiger partial charge on any atom is 0.245 e. The SMILES string of the molecule is COCCC(=O)NCCOCCOCC(=O)NCCCC[C@@H](C(N)=O)N(C)C(=O)CCc1cccnc1. The zero-order valence-electron chi connectivity index (χ0n) is 21.9. The fourth-order valence-corrected chi connectivity index (χ4v) is 3.35. The standard InChI is InChI=1S/C25H41N5O7/c1-30(24(33)9-8-20-6-5-11-27-18-20)21(25(26)34)7-3-4-12-28-23(32)19-37-17-16-36-15-13-29-22(31)10-14-35-2/h5-6,11,18,21H,3-4,7-10,12-17,19H2,1-2H3,(H2,26,34)(H,28,32)(H,29,31)/t21-/m0/s1. The van der Waals surface area contributed by atoms with Gasteiger partial charge in [-0.3, -0.25) is 24.2 Å². The van der Waals surface area contributed by atoms with Crippen molar-refractivity contribution in [2.45, 2.75) is 44.6 Å². The number of primary amides is 1. The van der Waals surface area contributed by atoms with Crippen molar-refractivity contribution in [3.8, 4) is 0 Å². The Morgan fingerprint density at radius 3 is 2.46 bits per heavy atom. The molecule has 208 valence electrons. The van der Waals surface area contributed by atoms with Crippen LogP contribution < -0.4 is 16.4 Å². The molecule has 0 aliphatic carbocycles. The number of carbonyl (C=O) groups excluding carboxylic acids is 4. The fraction of sp³-hybridized carbons (Fsp3) is 0.640. The van der Waals surface area contributed by atoms with Gasteiger partial charge < -0.3 is 35.5 Å². The topological polar surface area (TPSA) is 162 Å². The molecule has 1 atom stereocenters. The molecule has 0 aromatic carbocycles. The molecule has 0 fully saturated rings. The molecule has 4 amide bonds. The van der Waals surface area contributed by atoms with E-state index in [2.05, 4.69) is 15.6 Å². The number of rotatable bonds is 21. The monoisotopic (exact) mass is 523 g/mol. The number of nitrogens with zero attached hydrogens (tertiary/aromatic N) is 2. The van der Waals surface area contributed by atoms with Crippen LogP contribution in [-0.2, 0) is 39.8 Å². The molecule has 0 unspecified atom stereocenters. The summed E-state index contributed by atoms with van der Waals surface area (Å²) >= 11 is 0. The van der Waals surface area contributed by atoms with Crippen molar-refractivity contribution in [3.63, 3.8) is 0 Å². The third-order valence-corrected chi connectivity index (χ3v) is 5.47. The maximum absolute atomic E-state index is 12.5. The first-order valence-corrected chi connectivity index (χ1v) is 12.5. The summed E-state index contributed by atoms with van der Waals surface area (Å²) in [4.78, 5) is 53.1. The van der Waals surface area contributed by atoms with Crippen molar-refractivity contribution in [1.29, 1.82) is 0 Å². The Labute approximate surface area is 218 Å². The zero-order chi connectivity index (χ0) is 27.3. The van der Waals surface area contributed by atoms with Crippen LogP contribution in [-0.4, -0.2) is 99.8 Å². The van der Waals surface area contributed by atoms with E-state index in [1.165, 1.54) is 12.0 Å². The molecule has 0 aliphatic heterocycles. The van der Waals surface area contributed by atoms with Gasteiger partial charge in [-0.15, -0.1) is 0 Å². The number of methoxy groups -OCH3 is 1. The Balaban J connectivity index is 2.09. The van der Waals surface area contributed by atoms with E-state index in [4.69, 9.17) is 19.9 Å². The highest BCUT2D eigenvalue weighted by Crippen LogP contribution is 2.10. The highest BCUT2D eigenvalue weighted by atomic mass is 16.5. The van der Waals surface area contributed by atoms with Gasteiger partial charge in [-0.25, -0.2) is 0 Å². The van der Waals surface area contributed by atoms with Gasteiger partial charge in [0.05, 0.1) is 26.4 Å². The van der Waals surface area contributed by atoms with Crippen molar-refractivity contribution in [1.82, 2.24) is 20.5 Å². The second-order valence-corrected chi connectivity index (χ2v) is 8.39. The summed E-state index contributed by atoms with van der Waals surface area (Å²) in [7, 11) is 3.12. The Bertz CT molecular complexity index is 810. The van der Waals surface area contributed by atoms with Gasteiger partial charge in [-0.05, 0) is 37.3 Å². The number of nitrogens with one attached hydrogen (secondary N) is 2. The number of hydrogen-bond donors (Lipinski definition) is 3. The van der Waals surface area contributed by atoms with E-state index >= 15 is 0 Å². The van der Waals surface area contributed by atoms with Crippen LogP contribution in [0.25, 0.3) is 0 Å². The summed E-state index contributed by atoms with van der Waals surface area (Å²) in [5.74, 6) is -1.06. The van der Waals surface area contributed by atoms with Crippen LogP contribution in [0.5, 0.6) is 0 Å². The highest BCUT2D eigenvalue weighted by molar-refractivity contribution is 5.86. The minimum atomic E-state index is -0.695. The van der Waals surface area contributed by atoms with Gasteiger partial charge in [0.25, 0.3) is 0 Å². The van der Waals surface area contributed by atoms with Crippen LogP contribution in [0, 0.1) is 0 Å². The number of likely N-dealkylation sites (N-methyl/N-ethyl adjacent to an activating group) is 1. The van der Waals surface area contributed by atoms with Gasteiger partial charge in [0.15, 0.2) is 0 Å². The first-order chi connectivity index (χ1) is 17.8. The highest BCUT2D eigenvalue weighted by Gasteiger charge is 2.24. The molecule has 4 N–H and O–H groups in total. The number of carbonyl (C=O) groups is 4. The zero-order valence-corrected chi connectivity index (χ0v) is 21.9. The van der Waals surface area contributed by atoms with Gasteiger partial charge in [0, 0.05) is 52.5 Å². The van der Waals surface area contributed by atoms with Gasteiger partial charge in [-0.2, -0.15) is 0 Å². The summed E-state index contributed by atoms with van der Waals surface area (Å²) < 4.78 is 15.4. The van der Waals surface area contributed by atoms with Gasteiger partial charge in [0.1, 0.15) is 12.6 Å². The molecule has 12 nitrogen and oxygen atoms in total. The first kappa shape index (κ1) is 31.9. The lowest BCUT2D eigenvalue weighted by molar-refractivity contribution is -0.138. The van der Waals surface area contributed by atoms with Gasteiger partial charge >= 0.3 is 0 Å². The third-order valence-electron chi connectivity index (χ3n) is 5.47. The lowest BCUT2D eigenvalue weighted by Crippen LogP contribution is -2.45. The summed E-state index contributed by atoms with van der Waals surface area (Å²) in [5, 5.41) is 5.45. The summed E-state index contributed by atoms with van der Waals surface area (Å²) in [6, 6.07) is 3.01. The van der Waals surface area contributed by atoms with Crippen molar-refractivity contribution in [2.24, 2.45) is 5.73 Å². The normalized spacial score (nSPS) is 11.5. The molecule has 0 saturated carbocycles. The van der Waals surface area contributed by atoms with Crippen molar-refractivity contribution >= 4 is 23.6 Å². The number of ether oxygens (including phenoxy) is 3. The van der Waals surface area contributed by atoms with E-state index in [9.17, 15) is 19.2 Å². The molecule has 1 aromatic heterocycles. The Morgan fingerprint density at radius 1 is 1.00 bits per heavy atom. The molecule has 0 bridgehead atoms. The lowest BCUT2D eigenvalue weighted by atomic mass is 10.1. The summed E-state index contributed by atoms with van der Waals surface area (Å²) in [6.07, 6.45) is 6.16. The molecule has 0 saturated heterocycles. The van der Waals surface area contributed by atoms with E-state index in [1.807, 2.05) is 12.1 Å². The second kappa shape index (κ2) is 20.0. The molecular weight excluding hydrogens is 482 g/mol. The molecule has 37 heavy (non-hydrogen) atoms. The Kier molecular flexibility index (Phi) is 17.3.